The van der Waals surface area contributed by atoms with Crippen molar-refractivity contribution in [2.24, 2.45) is 0 Å². The van der Waals surface area contributed by atoms with Crippen LogP contribution in [0.2, 0.25) is 5.02 Å². The average molecular weight is 474 g/mol. The molecule has 7 nitrogen and oxygen atoms in total. The molecular formula is C25H36ClN5O2. The Labute approximate surface area is 202 Å². The number of likely N-dealkylation sites (N-methyl/N-ethyl adjacent to an activating group) is 1. The molecule has 2 N–H and O–H groups in total. The van der Waals surface area contributed by atoms with E-state index in [2.05, 4.69) is 22.8 Å². The van der Waals surface area contributed by atoms with Gasteiger partial charge in [0.2, 0.25) is 5.91 Å². The standard InChI is InChI=1S/C24H32ClN5O2.CH4/c1-18-9-10-21(25)13-22(18)29(16-23(31)27-12-6-11-26-2)17-24(32)28(3)30-14-19-7-4-5-8-20(19)15-30;/h4-5,7-10,13,26H,6,11-12,14-17H2,1-3H3,(H,27,31);1H4. The summed E-state index contributed by atoms with van der Waals surface area (Å²) < 4.78 is 0. The molecule has 180 valence electrons. The van der Waals surface area contributed by atoms with Gasteiger partial charge in [-0.2, -0.15) is 0 Å². The molecule has 1 aliphatic rings. The van der Waals surface area contributed by atoms with Crippen molar-refractivity contribution in [3.05, 3.63) is 64.2 Å². The van der Waals surface area contributed by atoms with Crippen LogP contribution in [0.4, 0.5) is 5.69 Å². The van der Waals surface area contributed by atoms with Gasteiger partial charge in [-0.05, 0) is 55.8 Å². The van der Waals surface area contributed by atoms with Crippen molar-refractivity contribution in [1.29, 1.82) is 0 Å². The molecule has 0 bridgehead atoms. The molecule has 0 saturated carbocycles. The summed E-state index contributed by atoms with van der Waals surface area (Å²) in [5, 5.41) is 10.3. The van der Waals surface area contributed by atoms with Crippen molar-refractivity contribution < 1.29 is 9.59 Å². The number of aryl methyl sites for hydroxylation is 1. The van der Waals surface area contributed by atoms with E-state index in [4.69, 9.17) is 11.6 Å². The van der Waals surface area contributed by atoms with Crippen molar-refractivity contribution in [3.8, 4) is 0 Å². The first-order valence-corrected chi connectivity index (χ1v) is 11.3. The largest absolute Gasteiger partial charge is 0.355 e. The van der Waals surface area contributed by atoms with Crippen molar-refractivity contribution >= 4 is 29.1 Å². The van der Waals surface area contributed by atoms with E-state index in [1.165, 1.54) is 11.1 Å². The highest BCUT2D eigenvalue weighted by Crippen LogP contribution is 2.26. The maximum absolute atomic E-state index is 13.2. The van der Waals surface area contributed by atoms with Crippen LogP contribution >= 0.6 is 11.6 Å². The minimum absolute atomic E-state index is 0. The SMILES string of the molecule is C.CNCCCNC(=O)CN(CC(=O)N(C)N1Cc2ccccc2C1)c1cc(Cl)ccc1C. The van der Waals surface area contributed by atoms with Crippen LogP contribution in [-0.2, 0) is 22.7 Å². The minimum Gasteiger partial charge on any atom is -0.355 e. The fraction of sp³-hybridized carbons (Fsp3) is 0.440. The van der Waals surface area contributed by atoms with Crippen molar-refractivity contribution in [3.63, 3.8) is 0 Å². The van der Waals surface area contributed by atoms with E-state index in [9.17, 15) is 9.59 Å². The van der Waals surface area contributed by atoms with Crippen LogP contribution in [0, 0.1) is 6.92 Å². The first kappa shape index (κ1) is 26.6. The van der Waals surface area contributed by atoms with Gasteiger partial charge in [0, 0.05) is 37.4 Å². The topological polar surface area (TPSA) is 67.9 Å². The van der Waals surface area contributed by atoms with Gasteiger partial charge in [0.15, 0.2) is 0 Å². The number of hydrogen-bond acceptors (Lipinski definition) is 5. The molecule has 3 rings (SSSR count). The Hall–Kier alpha value is -2.61. The van der Waals surface area contributed by atoms with E-state index in [0.717, 1.165) is 24.2 Å². The highest BCUT2D eigenvalue weighted by atomic mass is 35.5. The summed E-state index contributed by atoms with van der Waals surface area (Å²) in [4.78, 5) is 27.6. The second kappa shape index (κ2) is 12.6. The molecule has 1 heterocycles. The fourth-order valence-corrected chi connectivity index (χ4v) is 3.99. The van der Waals surface area contributed by atoms with Crippen LogP contribution in [0.25, 0.3) is 0 Å². The summed E-state index contributed by atoms with van der Waals surface area (Å²) in [5.74, 6) is -0.204. The number of carbonyl (C=O) groups excluding carboxylic acids is 2. The van der Waals surface area contributed by atoms with Gasteiger partial charge >= 0.3 is 0 Å². The van der Waals surface area contributed by atoms with E-state index < -0.39 is 0 Å². The number of amides is 2. The number of rotatable bonds is 10. The molecule has 33 heavy (non-hydrogen) atoms. The smallest absolute Gasteiger partial charge is 0.256 e. The van der Waals surface area contributed by atoms with Crippen LogP contribution in [0.15, 0.2) is 42.5 Å². The van der Waals surface area contributed by atoms with E-state index in [0.29, 0.717) is 24.7 Å². The Morgan fingerprint density at radius 2 is 1.73 bits per heavy atom. The molecule has 1 aliphatic heterocycles. The van der Waals surface area contributed by atoms with Gasteiger partial charge in [-0.3, -0.25) is 14.6 Å². The molecule has 0 spiro atoms. The molecule has 0 aromatic heterocycles. The van der Waals surface area contributed by atoms with Gasteiger partial charge in [0.25, 0.3) is 5.91 Å². The molecule has 8 heteroatoms. The summed E-state index contributed by atoms with van der Waals surface area (Å²) in [7, 11) is 3.67. The Balaban J connectivity index is 0.00000385. The molecule has 0 aliphatic carbocycles. The quantitative estimate of drug-likeness (QED) is 0.519. The number of nitrogens with one attached hydrogen (secondary N) is 2. The molecule has 0 atom stereocenters. The highest BCUT2D eigenvalue weighted by Gasteiger charge is 2.27. The van der Waals surface area contributed by atoms with E-state index >= 15 is 0 Å². The van der Waals surface area contributed by atoms with Crippen LogP contribution in [0.5, 0.6) is 0 Å². The Kier molecular flexibility index (Phi) is 10.2. The summed E-state index contributed by atoms with van der Waals surface area (Å²) in [6.07, 6.45) is 0.843. The lowest BCUT2D eigenvalue weighted by Crippen LogP contribution is -2.48. The molecule has 0 fully saturated rings. The van der Waals surface area contributed by atoms with Crippen molar-refractivity contribution in [1.82, 2.24) is 20.7 Å². The van der Waals surface area contributed by atoms with Crippen molar-refractivity contribution in [2.75, 3.05) is 45.2 Å². The zero-order valence-corrected chi connectivity index (χ0v) is 19.8. The zero-order chi connectivity index (χ0) is 23.1. The van der Waals surface area contributed by atoms with Gasteiger partial charge in [0.1, 0.15) is 0 Å². The maximum atomic E-state index is 13.2. The zero-order valence-electron chi connectivity index (χ0n) is 19.0. The van der Waals surface area contributed by atoms with Gasteiger partial charge in [-0.25, -0.2) is 5.01 Å². The summed E-state index contributed by atoms with van der Waals surface area (Å²) in [6, 6.07) is 13.7. The van der Waals surface area contributed by atoms with Crippen LogP contribution in [-0.4, -0.2) is 62.1 Å². The third-order valence-electron chi connectivity index (χ3n) is 5.71. The van der Waals surface area contributed by atoms with Crippen LogP contribution in [0.3, 0.4) is 0 Å². The second-order valence-electron chi connectivity index (χ2n) is 8.10. The van der Waals surface area contributed by atoms with Gasteiger partial charge < -0.3 is 15.5 Å². The van der Waals surface area contributed by atoms with Crippen molar-refractivity contribution in [2.45, 2.75) is 33.9 Å². The maximum Gasteiger partial charge on any atom is 0.256 e. The number of hydrazine groups is 1. The highest BCUT2D eigenvalue weighted by molar-refractivity contribution is 6.30. The Morgan fingerprint density at radius 1 is 1.06 bits per heavy atom. The normalized spacial score (nSPS) is 12.6. The monoisotopic (exact) mass is 473 g/mol. The number of carbonyl (C=O) groups is 2. The van der Waals surface area contributed by atoms with E-state index in [1.54, 1.807) is 17.0 Å². The lowest BCUT2D eigenvalue weighted by molar-refractivity contribution is -0.145. The third-order valence-corrected chi connectivity index (χ3v) is 5.94. The van der Waals surface area contributed by atoms with Gasteiger partial charge in [0.05, 0.1) is 13.1 Å². The molecule has 2 aromatic carbocycles. The lowest BCUT2D eigenvalue weighted by Gasteiger charge is -2.32. The number of halogens is 1. The first-order valence-electron chi connectivity index (χ1n) is 10.9. The number of nitrogens with zero attached hydrogens (tertiary/aromatic N) is 3. The number of fused-ring (bicyclic) bond motifs is 1. The molecule has 2 amide bonds. The third kappa shape index (κ3) is 7.19. The lowest BCUT2D eigenvalue weighted by atomic mass is 10.1. The van der Waals surface area contributed by atoms with E-state index in [1.807, 2.05) is 49.3 Å². The van der Waals surface area contributed by atoms with Crippen LogP contribution in [0.1, 0.15) is 30.5 Å². The second-order valence-corrected chi connectivity index (χ2v) is 8.54. The van der Waals surface area contributed by atoms with Gasteiger partial charge in [-0.15, -0.1) is 0 Å². The molecule has 2 aromatic rings. The Bertz CT molecular complexity index is 927. The number of hydrogen-bond donors (Lipinski definition) is 2. The average Bonchev–Trinajstić information content (AvgIpc) is 3.21. The molecule has 0 radical (unpaired) electrons. The molecular weight excluding hydrogens is 438 g/mol. The predicted molar refractivity (Wildman–Crippen MR) is 135 cm³/mol. The van der Waals surface area contributed by atoms with E-state index in [-0.39, 0.29) is 32.3 Å². The number of anilines is 1. The predicted octanol–water partition coefficient (Wildman–Crippen LogP) is 3.21. The molecule has 0 unspecified atom stereocenters. The van der Waals surface area contributed by atoms with Gasteiger partial charge in [-0.1, -0.05) is 49.4 Å². The summed E-state index contributed by atoms with van der Waals surface area (Å²) >= 11 is 6.23. The number of benzene rings is 2. The first-order chi connectivity index (χ1) is 15.4. The summed E-state index contributed by atoms with van der Waals surface area (Å²) in [5.41, 5.74) is 4.21. The summed E-state index contributed by atoms with van der Waals surface area (Å²) in [6.45, 7) is 4.92. The Morgan fingerprint density at radius 3 is 2.36 bits per heavy atom. The van der Waals surface area contributed by atoms with Crippen LogP contribution < -0.4 is 15.5 Å². The molecule has 0 saturated heterocycles. The fourth-order valence-electron chi connectivity index (χ4n) is 3.82. The minimum atomic E-state index is -0.121.